The molecule has 3 aromatic rings. The number of nitrogens with one attached hydrogen (secondary N) is 1. The van der Waals surface area contributed by atoms with Gasteiger partial charge in [0.15, 0.2) is 0 Å². The Labute approximate surface area is 134 Å². The number of thiophene rings is 1. The molecule has 1 aromatic heterocycles. The SMILES string of the molecule is O=C(NCc1cc(F)cc(F)c1)c1sc2ccccc2c1Cl. The Morgan fingerprint density at radius 1 is 1.14 bits per heavy atom. The molecule has 2 nitrogen and oxygen atoms in total. The van der Waals surface area contributed by atoms with Gasteiger partial charge in [-0.1, -0.05) is 29.8 Å². The fourth-order valence-corrected chi connectivity index (χ4v) is 3.57. The summed E-state index contributed by atoms with van der Waals surface area (Å²) in [6, 6.07) is 10.6. The Kier molecular flexibility index (Phi) is 4.09. The molecular formula is C16H10ClF2NOS. The zero-order valence-electron chi connectivity index (χ0n) is 11.2. The zero-order chi connectivity index (χ0) is 15.7. The van der Waals surface area contributed by atoms with E-state index in [9.17, 15) is 13.6 Å². The van der Waals surface area contributed by atoms with E-state index in [0.29, 0.717) is 15.5 Å². The van der Waals surface area contributed by atoms with Crippen LogP contribution in [-0.4, -0.2) is 5.91 Å². The maximum Gasteiger partial charge on any atom is 0.263 e. The molecule has 22 heavy (non-hydrogen) atoms. The number of carbonyl (C=O) groups is 1. The zero-order valence-corrected chi connectivity index (χ0v) is 12.8. The van der Waals surface area contributed by atoms with Crippen molar-refractivity contribution in [3.05, 3.63) is 69.6 Å². The fraction of sp³-hybridized carbons (Fsp3) is 0.0625. The van der Waals surface area contributed by atoms with Gasteiger partial charge in [0.1, 0.15) is 16.5 Å². The van der Waals surface area contributed by atoms with Crippen LogP contribution in [-0.2, 0) is 6.54 Å². The van der Waals surface area contributed by atoms with Crippen molar-refractivity contribution < 1.29 is 13.6 Å². The monoisotopic (exact) mass is 337 g/mol. The van der Waals surface area contributed by atoms with Gasteiger partial charge in [0.2, 0.25) is 0 Å². The van der Waals surface area contributed by atoms with Crippen molar-refractivity contribution in [3.63, 3.8) is 0 Å². The third-order valence-electron chi connectivity index (χ3n) is 3.12. The van der Waals surface area contributed by atoms with Crippen molar-refractivity contribution in [2.75, 3.05) is 0 Å². The van der Waals surface area contributed by atoms with E-state index in [4.69, 9.17) is 11.6 Å². The van der Waals surface area contributed by atoms with Gasteiger partial charge in [-0.15, -0.1) is 11.3 Å². The minimum atomic E-state index is -0.677. The molecule has 112 valence electrons. The molecular weight excluding hydrogens is 328 g/mol. The van der Waals surface area contributed by atoms with Crippen LogP contribution in [0.1, 0.15) is 15.2 Å². The topological polar surface area (TPSA) is 29.1 Å². The lowest BCUT2D eigenvalue weighted by Gasteiger charge is -2.05. The van der Waals surface area contributed by atoms with Crippen LogP contribution >= 0.6 is 22.9 Å². The van der Waals surface area contributed by atoms with Gasteiger partial charge in [-0.3, -0.25) is 4.79 Å². The van der Waals surface area contributed by atoms with Gasteiger partial charge in [-0.2, -0.15) is 0 Å². The first-order valence-electron chi connectivity index (χ1n) is 6.45. The first-order chi connectivity index (χ1) is 10.5. The first kappa shape index (κ1) is 14.9. The fourth-order valence-electron chi connectivity index (χ4n) is 2.14. The smallest absolute Gasteiger partial charge is 0.263 e. The summed E-state index contributed by atoms with van der Waals surface area (Å²) in [5.41, 5.74) is 0.350. The molecule has 1 N–H and O–H groups in total. The Balaban J connectivity index is 1.80. The van der Waals surface area contributed by atoms with E-state index in [2.05, 4.69) is 5.32 Å². The van der Waals surface area contributed by atoms with Crippen LogP contribution < -0.4 is 5.32 Å². The second kappa shape index (κ2) is 6.02. The van der Waals surface area contributed by atoms with Crippen LogP contribution in [0.3, 0.4) is 0 Å². The first-order valence-corrected chi connectivity index (χ1v) is 7.64. The normalized spacial score (nSPS) is 10.9. The van der Waals surface area contributed by atoms with Crippen molar-refractivity contribution in [2.45, 2.75) is 6.54 Å². The highest BCUT2D eigenvalue weighted by atomic mass is 35.5. The van der Waals surface area contributed by atoms with Crippen LogP contribution in [0.15, 0.2) is 42.5 Å². The molecule has 0 fully saturated rings. The molecule has 1 amide bonds. The Hall–Kier alpha value is -1.98. The second-order valence-corrected chi connectivity index (χ2v) is 6.13. The Morgan fingerprint density at radius 2 is 1.82 bits per heavy atom. The third kappa shape index (κ3) is 2.96. The number of amides is 1. The van der Waals surface area contributed by atoms with Gasteiger partial charge >= 0.3 is 0 Å². The Morgan fingerprint density at radius 3 is 2.50 bits per heavy atom. The average Bonchev–Trinajstić information content (AvgIpc) is 2.82. The summed E-state index contributed by atoms with van der Waals surface area (Å²) in [6.45, 7) is 0.0259. The largest absolute Gasteiger partial charge is 0.347 e. The predicted octanol–water partition coefficient (Wildman–Crippen LogP) is 4.76. The third-order valence-corrected chi connectivity index (χ3v) is 4.79. The average molecular weight is 338 g/mol. The van der Waals surface area contributed by atoms with Crippen molar-refractivity contribution in [2.24, 2.45) is 0 Å². The lowest BCUT2D eigenvalue weighted by molar-refractivity contribution is 0.0955. The molecule has 0 aliphatic heterocycles. The molecule has 6 heteroatoms. The number of fused-ring (bicyclic) bond motifs is 1. The van der Waals surface area contributed by atoms with E-state index in [1.807, 2.05) is 24.3 Å². The van der Waals surface area contributed by atoms with Crippen LogP contribution in [0.4, 0.5) is 8.78 Å². The summed E-state index contributed by atoms with van der Waals surface area (Å²) in [5, 5.41) is 3.83. The summed E-state index contributed by atoms with van der Waals surface area (Å²) in [7, 11) is 0. The van der Waals surface area contributed by atoms with E-state index < -0.39 is 11.6 Å². The van der Waals surface area contributed by atoms with Gasteiger partial charge in [-0.25, -0.2) is 8.78 Å². The highest BCUT2D eigenvalue weighted by Crippen LogP contribution is 2.34. The number of rotatable bonds is 3. The van der Waals surface area contributed by atoms with Crippen LogP contribution in [0.2, 0.25) is 5.02 Å². The molecule has 0 aliphatic carbocycles. The predicted molar refractivity (Wildman–Crippen MR) is 84.4 cm³/mol. The number of halogens is 3. The summed E-state index contributed by atoms with van der Waals surface area (Å²) in [4.78, 5) is 12.6. The van der Waals surface area contributed by atoms with Gasteiger partial charge in [0.05, 0.1) is 5.02 Å². The van der Waals surface area contributed by atoms with Crippen LogP contribution in [0, 0.1) is 11.6 Å². The van der Waals surface area contributed by atoms with Gasteiger partial charge in [-0.05, 0) is 23.8 Å². The molecule has 0 unspecified atom stereocenters. The molecule has 0 saturated heterocycles. The van der Waals surface area contributed by atoms with Crippen molar-refractivity contribution >= 4 is 38.9 Å². The summed E-state index contributed by atoms with van der Waals surface area (Å²) < 4.78 is 27.1. The number of carbonyl (C=O) groups excluding carboxylic acids is 1. The number of benzene rings is 2. The lowest BCUT2D eigenvalue weighted by Crippen LogP contribution is -2.22. The molecule has 0 radical (unpaired) electrons. The molecule has 0 atom stereocenters. The second-order valence-electron chi connectivity index (χ2n) is 4.70. The molecule has 3 rings (SSSR count). The molecule has 0 aliphatic rings. The summed E-state index contributed by atoms with van der Waals surface area (Å²) in [6.07, 6.45) is 0. The summed E-state index contributed by atoms with van der Waals surface area (Å²) in [5.74, 6) is -1.72. The molecule has 2 aromatic carbocycles. The number of hydrogen-bond acceptors (Lipinski definition) is 2. The maximum atomic E-state index is 13.1. The molecule has 0 saturated carbocycles. The van der Waals surface area contributed by atoms with Crippen molar-refractivity contribution in [3.8, 4) is 0 Å². The van der Waals surface area contributed by atoms with E-state index in [-0.39, 0.29) is 12.5 Å². The van der Waals surface area contributed by atoms with Gasteiger partial charge in [0, 0.05) is 22.7 Å². The van der Waals surface area contributed by atoms with Gasteiger partial charge in [0.25, 0.3) is 5.91 Å². The van der Waals surface area contributed by atoms with Crippen molar-refractivity contribution in [1.82, 2.24) is 5.32 Å². The Bertz CT molecular complexity index is 842. The van der Waals surface area contributed by atoms with Crippen molar-refractivity contribution in [1.29, 1.82) is 0 Å². The maximum absolute atomic E-state index is 13.1. The van der Waals surface area contributed by atoms with E-state index in [1.165, 1.54) is 23.5 Å². The minimum Gasteiger partial charge on any atom is -0.347 e. The van der Waals surface area contributed by atoms with E-state index in [1.54, 1.807) is 0 Å². The molecule has 0 spiro atoms. The lowest BCUT2D eigenvalue weighted by atomic mass is 10.2. The van der Waals surface area contributed by atoms with Crippen LogP contribution in [0.5, 0.6) is 0 Å². The highest BCUT2D eigenvalue weighted by Gasteiger charge is 2.16. The number of hydrogen-bond donors (Lipinski definition) is 1. The molecule has 0 bridgehead atoms. The highest BCUT2D eigenvalue weighted by molar-refractivity contribution is 7.21. The van der Waals surface area contributed by atoms with E-state index in [0.717, 1.165) is 16.2 Å². The minimum absolute atomic E-state index is 0.0259. The quantitative estimate of drug-likeness (QED) is 0.733. The summed E-state index contributed by atoms with van der Waals surface area (Å²) >= 11 is 7.50. The van der Waals surface area contributed by atoms with Gasteiger partial charge < -0.3 is 5.32 Å². The van der Waals surface area contributed by atoms with Crippen LogP contribution in [0.25, 0.3) is 10.1 Å². The molecule has 1 heterocycles. The van der Waals surface area contributed by atoms with E-state index >= 15 is 0 Å². The standard InChI is InChI=1S/C16H10ClF2NOS/c17-14-12-3-1-2-4-13(12)22-15(14)16(21)20-8-9-5-10(18)7-11(19)6-9/h1-7H,8H2,(H,20,21).